The van der Waals surface area contributed by atoms with Crippen LogP contribution in [0, 0.1) is 16.7 Å². The van der Waals surface area contributed by atoms with E-state index in [1.54, 1.807) is 6.07 Å². The number of rotatable bonds is 5. The molecule has 0 fully saturated rings. The summed E-state index contributed by atoms with van der Waals surface area (Å²) in [6, 6.07) is 3.15. The van der Waals surface area contributed by atoms with Crippen molar-refractivity contribution < 1.29 is 32.2 Å². The molecule has 3 rings (SSSR count). The average molecular weight is 448 g/mol. The molecule has 2 aliphatic carbocycles. The molecular weight excluding hydrogens is 434 g/mol. The highest BCUT2D eigenvalue weighted by molar-refractivity contribution is 6.44. The number of carbonyl (C=O) groups is 2. The van der Waals surface area contributed by atoms with Gasteiger partial charge in [0.2, 0.25) is 6.17 Å². The molecule has 0 N–H and O–H groups in total. The van der Waals surface area contributed by atoms with Crippen LogP contribution in [0.4, 0.5) is 13.2 Å². The summed E-state index contributed by atoms with van der Waals surface area (Å²) < 4.78 is 53.2. The monoisotopic (exact) mass is 447 g/mol. The van der Waals surface area contributed by atoms with Crippen molar-refractivity contribution in [1.29, 1.82) is 5.26 Å². The molecule has 0 spiro atoms. The number of nitriles is 1. The van der Waals surface area contributed by atoms with E-state index in [0.717, 1.165) is 13.0 Å². The molecule has 29 heavy (non-hydrogen) atoms. The smallest absolute Gasteiger partial charge is 0.432 e. The average Bonchev–Trinajstić information content (AvgIpc) is 2.96. The van der Waals surface area contributed by atoms with E-state index in [9.17, 15) is 18.4 Å². The summed E-state index contributed by atoms with van der Waals surface area (Å²) in [6.07, 6.45) is -6.87. The van der Waals surface area contributed by atoms with Crippen molar-refractivity contribution in [3.05, 3.63) is 33.3 Å². The summed E-state index contributed by atoms with van der Waals surface area (Å²) in [4.78, 5) is 23.0. The van der Waals surface area contributed by atoms with Gasteiger partial charge in [-0.25, -0.2) is 4.39 Å². The summed E-state index contributed by atoms with van der Waals surface area (Å²) in [6.45, 7) is 0.412. The van der Waals surface area contributed by atoms with Crippen molar-refractivity contribution in [3.8, 4) is 11.8 Å². The Kier molecular flexibility index (Phi) is 5.58. The number of alkyl halides is 3. The topological polar surface area (TPSA) is 76.4 Å². The first kappa shape index (κ1) is 21.5. The Morgan fingerprint density at radius 1 is 1.41 bits per heavy atom. The number of esters is 1. The van der Waals surface area contributed by atoms with Gasteiger partial charge in [0.25, 0.3) is 0 Å². The molecule has 0 aliphatic heterocycles. The summed E-state index contributed by atoms with van der Waals surface area (Å²) in [5, 5.41) is 8.50. The van der Waals surface area contributed by atoms with Gasteiger partial charge in [0, 0.05) is 24.3 Å². The normalized spacial score (nSPS) is 21.6. The summed E-state index contributed by atoms with van der Waals surface area (Å²) in [5.41, 5.74) is -1.33. The number of nitrogens with zero attached hydrogens (tertiary/aromatic N) is 1. The van der Waals surface area contributed by atoms with E-state index in [4.69, 9.17) is 33.2 Å². The molecular formula is C19H14Cl2F3NO4. The second kappa shape index (κ2) is 7.54. The third kappa shape index (κ3) is 3.58. The summed E-state index contributed by atoms with van der Waals surface area (Å²) in [7, 11) is 0. The molecule has 0 aromatic heterocycles. The van der Waals surface area contributed by atoms with Crippen LogP contribution < -0.4 is 4.74 Å². The molecule has 2 unspecified atom stereocenters. The molecule has 1 aromatic carbocycles. The number of carbonyl (C=O) groups excluding carboxylic acids is 2. The highest BCUT2D eigenvalue weighted by atomic mass is 35.5. The maximum atomic E-state index is 15.3. The van der Waals surface area contributed by atoms with Crippen LogP contribution in [0.5, 0.6) is 5.75 Å². The van der Waals surface area contributed by atoms with Gasteiger partial charge >= 0.3 is 12.1 Å². The van der Waals surface area contributed by atoms with Gasteiger partial charge in [0.1, 0.15) is 16.8 Å². The van der Waals surface area contributed by atoms with Crippen LogP contribution in [0.1, 0.15) is 30.9 Å². The Balaban J connectivity index is 2.15. The van der Waals surface area contributed by atoms with Crippen molar-refractivity contribution in [2.45, 2.75) is 38.5 Å². The Bertz CT molecular complexity index is 973. The Morgan fingerprint density at radius 2 is 2.10 bits per heavy atom. The molecule has 0 saturated heterocycles. The van der Waals surface area contributed by atoms with Crippen LogP contribution >= 0.6 is 23.2 Å². The lowest BCUT2D eigenvalue weighted by Gasteiger charge is -2.39. The number of ether oxygens (including phenoxy) is 2. The zero-order chi connectivity index (χ0) is 21.6. The third-order valence-electron chi connectivity index (χ3n) is 5.04. The van der Waals surface area contributed by atoms with Crippen LogP contribution in [-0.4, -0.2) is 30.6 Å². The molecule has 1 aromatic rings. The molecule has 10 heteroatoms. The van der Waals surface area contributed by atoms with Gasteiger partial charge in [0.05, 0.1) is 5.02 Å². The van der Waals surface area contributed by atoms with Gasteiger partial charge in [-0.1, -0.05) is 23.2 Å². The zero-order valence-corrected chi connectivity index (χ0v) is 16.5. The second-order valence-electron chi connectivity index (χ2n) is 6.86. The molecule has 154 valence electrons. The van der Waals surface area contributed by atoms with Crippen molar-refractivity contribution in [2.75, 3.05) is 6.61 Å². The SMILES string of the molecule is CC(=O)OC(F)(F)C(F)C12CCC(=O)C=C1c1c(cc(OCC#N)c(Cl)c1Cl)C2. The third-order valence-corrected chi connectivity index (χ3v) is 5.89. The summed E-state index contributed by atoms with van der Waals surface area (Å²) >= 11 is 12.5. The first-order valence-electron chi connectivity index (χ1n) is 8.51. The van der Waals surface area contributed by atoms with Crippen LogP contribution in [0.25, 0.3) is 5.57 Å². The summed E-state index contributed by atoms with van der Waals surface area (Å²) in [5.74, 6) is -1.67. The largest absolute Gasteiger partial charge is 0.477 e. The predicted octanol–water partition coefficient (Wildman–Crippen LogP) is 4.68. The van der Waals surface area contributed by atoms with Crippen molar-refractivity contribution >= 4 is 40.5 Å². The number of fused-ring (bicyclic) bond motifs is 3. The first-order chi connectivity index (χ1) is 13.5. The highest BCUT2D eigenvalue weighted by Crippen LogP contribution is 2.60. The fourth-order valence-electron chi connectivity index (χ4n) is 3.92. The van der Waals surface area contributed by atoms with Gasteiger partial charge in [0.15, 0.2) is 12.4 Å². The Hall–Kier alpha value is -2.24. The first-order valence-corrected chi connectivity index (χ1v) is 9.26. The number of allylic oxidation sites excluding steroid dienone is 2. The lowest BCUT2D eigenvalue weighted by atomic mass is 9.69. The highest BCUT2D eigenvalue weighted by Gasteiger charge is 2.61. The lowest BCUT2D eigenvalue weighted by molar-refractivity contribution is -0.273. The standard InChI is InChI=1S/C19H14Cl2F3NO4/c1-9(26)29-19(23,24)17(22)18-3-2-11(27)7-12(18)14-10(8-18)6-13(28-5-4-25)15(20)16(14)21/h6-7,17H,2-3,5,8H2,1H3. The van der Waals surface area contributed by atoms with E-state index >= 15 is 4.39 Å². The molecule has 0 bridgehead atoms. The van der Waals surface area contributed by atoms with Crippen LogP contribution in [0.3, 0.4) is 0 Å². The molecule has 2 aliphatic rings. The number of hydrogen-bond acceptors (Lipinski definition) is 5. The minimum absolute atomic E-state index is 0.0122. The fraction of sp³-hybridized carbons (Fsp3) is 0.421. The minimum atomic E-state index is -4.41. The molecule has 0 amide bonds. The van der Waals surface area contributed by atoms with Crippen molar-refractivity contribution in [3.63, 3.8) is 0 Å². The van der Waals surface area contributed by atoms with E-state index in [1.165, 1.54) is 6.07 Å². The molecule has 5 nitrogen and oxygen atoms in total. The number of hydrogen-bond donors (Lipinski definition) is 0. The van der Waals surface area contributed by atoms with Gasteiger partial charge in [-0.05, 0) is 36.1 Å². The van der Waals surface area contributed by atoms with E-state index in [-0.39, 0.29) is 58.6 Å². The zero-order valence-electron chi connectivity index (χ0n) is 15.0. The van der Waals surface area contributed by atoms with Crippen molar-refractivity contribution in [1.82, 2.24) is 0 Å². The van der Waals surface area contributed by atoms with E-state index < -0.39 is 23.7 Å². The number of ketones is 1. The maximum absolute atomic E-state index is 15.3. The van der Waals surface area contributed by atoms with Gasteiger partial charge < -0.3 is 9.47 Å². The molecule has 0 radical (unpaired) electrons. The van der Waals surface area contributed by atoms with Gasteiger partial charge in [-0.3, -0.25) is 9.59 Å². The number of benzene rings is 1. The van der Waals surface area contributed by atoms with Crippen molar-refractivity contribution in [2.24, 2.45) is 5.41 Å². The molecule has 0 heterocycles. The molecule has 2 atom stereocenters. The van der Waals surface area contributed by atoms with E-state index in [0.29, 0.717) is 5.56 Å². The van der Waals surface area contributed by atoms with E-state index in [2.05, 4.69) is 4.74 Å². The van der Waals surface area contributed by atoms with Crippen LogP contribution in [-0.2, 0) is 20.7 Å². The minimum Gasteiger partial charge on any atom is -0.477 e. The van der Waals surface area contributed by atoms with Crippen LogP contribution in [0.15, 0.2) is 12.1 Å². The second-order valence-corrected chi connectivity index (χ2v) is 7.61. The predicted molar refractivity (Wildman–Crippen MR) is 97.5 cm³/mol. The molecule has 0 saturated carbocycles. The van der Waals surface area contributed by atoms with E-state index in [1.807, 2.05) is 0 Å². The maximum Gasteiger partial charge on any atom is 0.432 e. The van der Waals surface area contributed by atoms with Crippen LogP contribution in [0.2, 0.25) is 10.0 Å². The quantitative estimate of drug-likeness (QED) is 0.612. The number of halogens is 5. The fourth-order valence-corrected chi connectivity index (χ4v) is 4.44. The Morgan fingerprint density at radius 3 is 2.72 bits per heavy atom. The van der Waals surface area contributed by atoms with Gasteiger partial charge in [-0.2, -0.15) is 14.0 Å². The van der Waals surface area contributed by atoms with Gasteiger partial charge in [-0.15, -0.1) is 0 Å². The Labute approximate surface area is 174 Å². The lowest BCUT2D eigenvalue weighted by Crippen LogP contribution is -2.48.